The van der Waals surface area contributed by atoms with Crippen LogP contribution in [0.5, 0.6) is 5.75 Å². The smallest absolute Gasteiger partial charge is 0.118 e. The van der Waals surface area contributed by atoms with Crippen LogP contribution in [-0.4, -0.2) is 7.11 Å². The van der Waals surface area contributed by atoms with Gasteiger partial charge in [-0.25, -0.2) is 0 Å². The summed E-state index contributed by atoms with van der Waals surface area (Å²) < 4.78 is 5.19. The van der Waals surface area contributed by atoms with Crippen LogP contribution in [0.15, 0.2) is 54.6 Å². The van der Waals surface area contributed by atoms with E-state index in [0.717, 1.165) is 12.3 Å². The molecule has 0 atom stereocenters. The van der Waals surface area contributed by atoms with E-state index < -0.39 is 0 Å². The maximum atomic E-state index is 5.19. The summed E-state index contributed by atoms with van der Waals surface area (Å²) in [6.07, 6.45) is 0. The van der Waals surface area contributed by atoms with E-state index in [4.69, 9.17) is 4.74 Å². The predicted molar refractivity (Wildman–Crippen MR) is 79.3 cm³/mol. The van der Waals surface area contributed by atoms with Crippen molar-refractivity contribution in [3.63, 3.8) is 0 Å². The Morgan fingerprint density at radius 1 is 0.947 bits per heavy atom. The number of nitrogens with one attached hydrogen (secondary N) is 1. The zero-order valence-electron chi connectivity index (χ0n) is 11.8. The van der Waals surface area contributed by atoms with Crippen LogP contribution in [0.2, 0.25) is 0 Å². The summed E-state index contributed by atoms with van der Waals surface area (Å²) in [6.45, 7) is 5.25. The molecule has 19 heavy (non-hydrogen) atoms. The van der Waals surface area contributed by atoms with Crippen LogP contribution in [0.1, 0.15) is 25.0 Å². The van der Waals surface area contributed by atoms with Gasteiger partial charge in [0, 0.05) is 12.1 Å². The van der Waals surface area contributed by atoms with Gasteiger partial charge in [-0.05, 0) is 37.1 Å². The maximum absolute atomic E-state index is 5.19. The van der Waals surface area contributed by atoms with Crippen LogP contribution < -0.4 is 10.1 Å². The zero-order valence-corrected chi connectivity index (χ0v) is 11.8. The van der Waals surface area contributed by atoms with Gasteiger partial charge < -0.3 is 10.1 Å². The van der Waals surface area contributed by atoms with Crippen molar-refractivity contribution in [3.8, 4) is 5.75 Å². The fourth-order valence-electron chi connectivity index (χ4n) is 2.03. The molecule has 0 heterocycles. The molecule has 2 aromatic rings. The number of hydrogen-bond donors (Lipinski definition) is 1. The van der Waals surface area contributed by atoms with E-state index in [0.29, 0.717) is 0 Å². The molecule has 0 spiro atoms. The average molecular weight is 255 g/mol. The summed E-state index contributed by atoms with van der Waals surface area (Å²) in [6, 6.07) is 18.7. The largest absolute Gasteiger partial charge is 0.497 e. The molecule has 0 fully saturated rings. The Balaban J connectivity index is 2.04. The van der Waals surface area contributed by atoms with Gasteiger partial charge in [-0.15, -0.1) is 0 Å². The minimum Gasteiger partial charge on any atom is -0.497 e. The van der Waals surface area contributed by atoms with E-state index in [1.165, 1.54) is 11.1 Å². The summed E-state index contributed by atoms with van der Waals surface area (Å²) in [7, 11) is 1.69. The zero-order chi connectivity index (χ0) is 13.7. The van der Waals surface area contributed by atoms with Crippen molar-refractivity contribution < 1.29 is 4.74 Å². The Morgan fingerprint density at radius 3 is 2.16 bits per heavy atom. The molecule has 0 saturated carbocycles. The predicted octanol–water partition coefficient (Wildman–Crippen LogP) is 3.72. The van der Waals surface area contributed by atoms with Crippen LogP contribution >= 0.6 is 0 Å². The number of rotatable bonds is 5. The Kier molecular flexibility index (Phi) is 4.23. The monoisotopic (exact) mass is 255 g/mol. The van der Waals surface area contributed by atoms with Crippen molar-refractivity contribution in [1.82, 2.24) is 5.32 Å². The molecule has 2 nitrogen and oxygen atoms in total. The SMILES string of the molecule is COc1ccc(C(C)(C)NCc2ccccc2)cc1. The second-order valence-electron chi connectivity index (χ2n) is 5.19. The summed E-state index contributed by atoms with van der Waals surface area (Å²) in [4.78, 5) is 0. The van der Waals surface area contributed by atoms with Gasteiger partial charge in [0.1, 0.15) is 5.75 Å². The van der Waals surface area contributed by atoms with Crippen molar-refractivity contribution in [2.75, 3.05) is 7.11 Å². The first-order valence-electron chi connectivity index (χ1n) is 6.55. The lowest BCUT2D eigenvalue weighted by Crippen LogP contribution is -2.35. The second-order valence-corrected chi connectivity index (χ2v) is 5.19. The lowest BCUT2D eigenvalue weighted by atomic mass is 9.94. The van der Waals surface area contributed by atoms with Gasteiger partial charge in [-0.2, -0.15) is 0 Å². The molecule has 100 valence electrons. The van der Waals surface area contributed by atoms with Gasteiger partial charge >= 0.3 is 0 Å². The summed E-state index contributed by atoms with van der Waals surface area (Å²) in [5.41, 5.74) is 2.48. The fourth-order valence-corrected chi connectivity index (χ4v) is 2.03. The van der Waals surface area contributed by atoms with Crippen LogP contribution in [-0.2, 0) is 12.1 Å². The molecule has 2 aromatic carbocycles. The lowest BCUT2D eigenvalue weighted by molar-refractivity contribution is 0.396. The Morgan fingerprint density at radius 2 is 1.58 bits per heavy atom. The summed E-state index contributed by atoms with van der Waals surface area (Å²) >= 11 is 0. The summed E-state index contributed by atoms with van der Waals surface area (Å²) in [5, 5.41) is 3.59. The highest BCUT2D eigenvalue weighted by atomic mass is 16.5. The molecule has 2 rings (SSSR count). The topological polar surface area (TPSA) is 21.3 Å². The first-order valence-corrected chi connectivity index (χ1v) is 6.55. The molecule has 0 aliphatic heterocycles. The van der Waals surface area contributed by atoms with Gasteiger partial charge in [0.15, 0.2) is 0 Å². The van der Waals surface area contributed by atoms with E-state index in [9.17, 15) is 0 Å². The number of ether oxygens (including phenoxy) is 1. The standard InChI is InChI=1S/C17H21NO/c1-17(2,15-9-11-16(19-3)12-10-15)18-13-14-7-5-4-6-8-14/h4-12,18H,13H2,1-3H3. The van der Waals surface area contributed by atoms with Crippen molar-refractivity contribution in [3.05, 3.63) is 65.7 Å². The molecule has 0 saturated heterocycles. The highest BCUT2D eigenvalue weighted by Gasteiger charge is 2.19. The first-order chi connectivity index (χ1) is 9.12. The molecule has 0 aliphatic rings. The van der Waals surface area contributed by atoms with Crippen LogP contribution in [0.3, 0.4) is 0 Å². The molecule has 2 heteroatoms. The van der Waals surface area contributed by atoms with Crippen LogP contribution in [0, 0.1) is 0 Å². The molecule has 1 N–H and O–H groups in total. The molecule has 0 aliphatic carbocycles. The number of methoxy groups -OCH3 is 1. The third-order valence-corrected chi connectivity index (χ3v) is 3.39. The second kappa shape index (κ2) is 5.89. The van der Waals surface area contributed by atoms with E-state index in [1.54, 1.807) is 7.11 Å². The maximum Gasteiger partial charge on any atom is 0.118 e. The summed E-state index contributed by atoms with van der Waals surface area (Å²) in [5.74, 6) is 0.891. The van der Waals surface area contributed by atoms with E-state index in [1.807, 2.05) is 18.2 Å². The van der Waals surface area contributed by atoms with Crippen molar-refractivity contribution in [2.45, 2.75) is 25.9 Å². The Hall–Kier alpha value is -1.80. The normalized spacial score (nSPS) is 11.3. The molecule has 0 unspecified atom stereocenters. The minimum atomic E-state index is -0.0673. The van der Waals surface area contributed by atoms with Crippen molar-refractivity contribution in [2.24, 2.45) is 0 Å². The van der Waals surface area contributed by atoms with E-state index in [-0.39, 0.29) is 5.54 Å². The van der Waals surface area contributed by atoms with Gasteiger partial charge in [0.05, 0.1) is 7.11 Å². The van der Waals surface area contributed by atoms with Crippen LogP contribution in [0.4, 0.5) is 0 Å². The van der Waals surface area contributed by atoms with Gasteiger partial charge in [0.25, 0.3) is 0 Å². The molecule has 0 bridgehead atoms. The molecule has 0 aromatic heterocycles. The lowest BCUT2D eigenvalue weighted by Gasteiger charge is -2.27. The third kappa shape index (κ3) is 3.58. The Labute approximate surface area is 115 Å². The Bertz CT molecular complexity index is 503. The first kappa shape index (κ1) is 13.6. The van der Waals surface area contributed by atoms with Crippen molar-refractivity contribution >= 4 is 0 Å². The average Bonchev–Trinajstić information content (AvgIpc) is 2.46. The highest BCUT2D eigenvalue weighted by molar-refractivity contribution is 5.31. The van der Waals surface area contributed by atoms with Crippen LogP contribution in [0.25, 0.3) is 0 Å². The molecular weight excluding hydrogens is 234 g/mol. The number of benzene rings is 2. The number of hydrogen-bond acceptors (Lipinski definition) is 2. The molecule has 0 amide bonds. The highest BCUT2D eigenvalue weighted by Crippen LogP contribution is 2.23. The van der Waals surface area contributed by atoms with Gasteiger partial charge in [-0.1, -0.05) is 42.5 Å². The minimum absolute atomic E-state index is 0.0673. The quantitative estimate of drug-likeness (QED) is 0.879. The van der Waals surface area contributed by atoms with Gasteiger partial charge in [-0.3, -0.25) is 0 Å². The third-order valence-electron chi connectivity index (χ3n) is 3.39. The molecule has 0 radical (unpaired) electrons. The van der Waals surface area contributed by atoms with E-state index >= 15 is 0 Å². The fraction of sp³-hybridized carbons (Fsp3) is 0.294. The molecular formula is C17H21NO. The van der Waals surface area contributed by atoms with Gasteiger partial charge in [0.2, 0.25) is 0 Å². The van der Waals surface area contributed by atoms with Crippen molar-refractivity contribution in [1.29, 1.82) is 0 Å². The van der Waals surface area contributed by atoms with E-state index in [2.05, 4.69) is 55.6 Å².